The van der Waals surface area contributed by atoms with Crippen LogP contribution in [0.3, 0.4) is 0 Å². The largest absolute Gasteiger partial charge is 0.416 e. The Kier molecular flexibility index (Phi) is 8.58. The molecule has 2 aromatic carbocycles. The Morgan fingerprint density at radius 2 is 1.97 bits per heavy atom. The maximum atomic E-state index is 14.2. The molecular weight excluding hydrogens is 609 g/mol. The summed E-state index contributed by atoms with van der Waals surface area (Å²) in [5.74, 6) is -0.163. The monoisotopic (exact) mass is 634 g/mol. The fraction of sp³-hybridized carbons (Fsp3) is 0.440. The van der Waals surface area contributed by atoms with E-state index < -0.39 is 27.1 Å². The second kappa shape index (κ2) is 11.2. The van der Waals surface area contributed by atoms with Crippen molar-refractivity contribution in [3.05, 3.63) is 67.1 Å². The van der Waals surface area contributed by atoms with Gasteiger partial charge in [0.25, 0.3) is 5.56 Å². The van der Waals surface area contributed by atoms with E-state index >= 15 is 0 Å². The Labute approximate surface area is 232 Å². The van der Waals surface area contributed by atoms with Crippen molar-refractivity contribution in [1.29, 1.82) is 0 Å². The summed E-state index contributed by atoms with van der Waals surface area (Å²) in [6.45, 7) is 2.59. The molecule has 7 nitrogen and oxygen atoms in total. The molecular formula is C25H27BrClF3N4O3S. The predicted octanol–water partition coefficient (Wildman–Crippen LogP) is 4.86. The minimum Gasteiger partial charge on any atom is -0.316 e. The molecule has 1 aromatic heterocycles. The second-order valence-corrected chi connectivity index (χ2v) is 12.8. The number of hydrogen-bond donors (Lipinski definition) is 1. The van der Waals surface area contributed by atoms with E-state index in [9.17, 15) is 26.4 Å². The molecule has 0 aliphatic carbocycles. The van der Waals surface area contributed by atoms with Crippen molar-refractivity contribution in [1.82, 2.24) is 19.8 Å². The number of likely N-dealkylation sites (tertiary alicyclic amines) is 1. The zero-order valence-electron chi connectivity index (χ0n) is 20.8. The number of rotatable bonds is 7. The maximum absolute atomic E-state index is 14.2. The molecule has 1 N–H and O–H groups in total. The molecule has 1 aliphatic rings. The Morgan fingerprint density at radius 1 is 1.24 bits per heavy atom. The van der Waals surface area contributed by atoms with Crippen molar-refractivity contribution in [2.45, 2.75) is 50.0 Å². The molecule has 1 saturated heterocycles. The summed E-state index contributed by atoms with van der Waals surface area (Å²) in [6, 6.07) is 5.26. The third kappa shape index (κ3) is 5.94. The van der Waals surface area contributed by atoms with Gasteiger partial charge in [-0.1, -0.05) is 18.5 Å². The van der Waals surface area contributed by atoms with Crippen LogP contribution in [0.4, 0.5) is 13.2 Å². The highest BCUT2D eigenvalue weighted by Crippen LogP contribution is 2.39. The molecule has 13 heteroatoms. The number of alkyl halides is 3. The molecule has 38 heavy (non-hydrogen) atoms. The van der Waals surface area contributed by atoms with Crippen molar-refractivity contribution >= 4 is 48.3 Å². The minimum absolute atomic E-state index is 0.00492. The van der Waals surface area contributed by atoms with Gasteiger partial charge in [-0.15, -0.1) is 0 Å². The van der Waals surface area contributed by atoms with Gasteiger partial charge in [-0.25, -0.2) is 13.4 Å². The zero-order chi connectivity index (χ0) is 27.8. The number of sulfone groups is 1. The van der Waals surface area contributed by atoms with Crippen LogP contribution < -0.4 is 10.9 Å². The molecule has 4 rings (SSSR count). The molecule has 0 amide bonds. The number of fused-ring (bicyclic) bond motifs is 1. The summed E-state index contributed by atoms with van der Waals surface area (Å²) < 4.78 is 69.1. The van der Waals surface area contributed by atoms with Crippen LogP contribution in [0, 0.1) is 0 Å². The average Bonchev–Trinajstić information content (AvgIpc) is 2.86. The first-order valence-corrected chi connectivity index (χ1v) is 14.9. The minimum atomic E-state index is -4.70. The van der Waals surface area contributed by atoms with Gasteiger partial charge in [0.2, 0.25) is 0 Å². The van der Waals surface area contributed by atoms with Gasteiger partial charge in [-0.3, -0.25) is 14.3 Å². The van der Waals surface area contributed by atoms with E-state index in [0.717, 1.165) is 23.5 Å². The molecule has 0 spiro atoms. The van der Waals surface area contributed by atoms with Gasteiger partial charge in [-0.05, 0) is 77.8 Å². The van der Waals surface area contributed by atoms with Gasteiger partial charge < -0.3 is 5.32 Å². The van der Waals surface area contributed by atoms with Crippen LogP contribution in [0.5, 0.6) is 0 Å². The molecule has 1 atom stereocenters. The van der Waals surface area contributed by atoms with Crippen LogP contribution in [0.15, 0.2) is 44.8 Å². The quantitative estimate of drug-likeness (QED) is 0.400. The first kappa shape index (κ1) is 29.0. The number of likely N-dealkylation sites (N-methyl/N-ethyl adjacent to an activating group) is 1. The van der Waals surface area contributed by atoms with Gasteiger partial charge in [0, 0.05) is 28.6 Å². The first-order valence-electron chi connectivity index (χ1n) is 12.0. The fourth-order valence-corrected chi connectivity index (χ4v) is 6.75. The highest BCUT2D eigenvalue weighted by atomic mass is 79.9. The standard InChI is InChI=1S/C25H27BrClF3N4O3S/c1-3-38(36,37)21-7-6-16(27)9-15(21)11-34-14-32-23-18(24(34)35)10-20(25(28,29)30)19(22(23)26)13-33-8-4-5-17(12-33)31-2/h6-7,9-10,14,17,31H,3-5,8,11-13H2,1-2H3/t17-/m0/s1. The summed E-state index contributed by atoms with van der Waals surface area (Å²) in [5.41, 5.74) is -1.24. The van der Waals surface area contributed by atoms with Crippen molar-refractivity contribution in [3.63, 3.8) is 0 Å². The number of nitrogens with one attached hydrogen (secondary N) is 1. The Balaban J connectivity index is 1.82. The molecule has 2 heterocycles. The van der Waals surface area contributed by atoms with E-state index in [4.69, 9.17) is 11.6 Å². The fourth-order valence-electron chi connectivity index (χ4n) is 4.80. The van der Waals surface area contributed by atoms with E-state index in [1.807, 2.05) is 11.9 Å². The van der Waals surface area contributed by atoms with Gasteiger partial charge in [0.1, 0.15) is 0 Å². The highest BCUT2D eigenvalue weighted by Gasteiger charge is 2.36. The number of aromatic nitrogens is 2. The molecule has 1 aliphatic heterocycles. The Morgan fingerprint density at radius 3 is 2.63 bits per heavy atom. The number of piperidine rings is 1. The molecule has 1 fully saturated rings. The SMILES string of the molecule is CCS(=O)(=O)c1ccc(Cl)cc1Cn1cnc2c(Br)c(CN3CCC[C@H](NC)C3)c(C(F)(F)F)cc2c1=O. The lowest BCUT2D eigenvalue weighted by atomic mass is 10.0. The summed E-state index contributed by atoms with van der Waals surface area (Å²) in [6.07, 6.45) is -1.67. The smallest absolute Gasteiger partial charge is 0.316 e. The number of nitrogens with zero attached hydrogens (tertiary/aromatic N) is 3. The normalized spacial score (nSPS) is 17.3. The van der Waals surface area contributed by atoms with Gasteiger partial charge >= 0.3 is 6.18 Å². The van der Waals surface area contributed by atoms with E-state index in [1.165, 1.54) is 31.5 Å². The van der Waals surface area contributed by atoms with Crippen molar-refractivity contribution in [3.8, 4) is 0 Å². The molecule has 0 unspecified atom stereocenters. The lowest BCUT2D eigenvalue weighted by Gasteiger charge is -2.33. The first-order chi connectivity index (χ1) is 17.9. The van der Waals surface area contributed by atoms with Crippen molar-refractivity contribution in [2.24, 2.45) is 0 Å². The summed E-state index contributed by atoms with van der Waals surface area (Å²) in [5, 5.41) is 3.23. The lowest BCUT2D eigenvalue weighted by molar-refractivity contribution is -0.138. The van der Waals surface area contributed by atoms with Crippen molar-refractivity contribution < 1.29 is 21.6 Å². The second-order valence-electron chi connectivity index (χ2n) is 9.31. The molecule has 0 bridgehead atoms. The topological polar surface area (TPSA) is 84.3 Å². The number of halogens is 5. The molecule has 3 aromatic rings. The van der Waals surface area contributed by atoms with E-state index in [1.54, 1.807) is 0 Å². The van der Waals surface area contributed by atoms with Crippen LogP contribution in [0.2, 0.25) is 5.02 Å². The Bertz CT molecular complexity index is 1530. The molecule has 0 radical (unpaired) electrons. The van der Waals surface area contributed by atoms with E-state index in [-0.39, 0.29) is 61.3 Å². The third-order valence-corrected chi connectivity index (χ3v) is 9.76. The van der Waals surface area contributed by atoms with E-state index in [2.05, 4.69) is 26.2 Å². The highest BCUT2D eigenvalue weighted by molar-refractivity contribution is 9.10. The van der Waals surface area contributed by atoms with Gasteiger partial charge in [0.15, 0.2) is 9.84 Å². The van der Waals surface area contributed by atoms with Crippen LogP contribution in [-0.2, 0) is 29.1 Å². The maximum Gasteiger partial charge on any atom is 0.416 e. The van der Waals surface area contributed by atoms with Gasteiger partial charge in [-0.2, -0.15) is 13.2 Å². The van der Waals surface area contributed by atoms with Crippen LogP contribution in [-0.4, -0.2) is 54.8 Å². The number of benzene rings is 2. The lowest BCUT2D eigenvalue weighted by Crippen LogP contribution is -2.44. The summed E-state index contributed by atoms with van der Waals surface area (Å²) in [4.78, 5) is 19.7. The molecule has 0 saturated carbocycles. The zero-order valence-corrected chi connectivity index (χ0v) is 23.9. The summed E-state index contributed by atoms with van der Waals surface area (Å²) in [7, 11) is -1.81. The van der Waals surface area contributed by atoms with Crippen LogP contribution in [0.1, 0.15) is 36.5 Å². The van der Waals surface area contributed by atoms with Crippen LogP contribution in [0.25, 0.3) is 10.9 Å². The predicted molar refractivity (Wildman–Crippen MR) is 144 cm³/mol. The average molecular weight is 636 g/mol. The Hall–Kier alpha value is -1.99. The van der Waals surface area contributed by atoms with E-state index in [0.29, 0.717) is 13.1 Å². The summed E-state index contributed by atoms with van der Waals surface area (Å²) >= 11 is 9.40. The van der Waals surface area contributed by atoms with Gasteiger partial charge in [0.05, 0.1) is 40.0 Å². The number of hydrogen-bond acceptors (Lipinski definition) is 6. The van der Waals surface area contributed by atoms with Crippen LogP contribution >= 0.6 is 27.5 Å². The third-order valence-electron chi connectivity index (χ3n) is 6.84. The van der Waals surface area contributed by atoms with Crippen molar-refractivity contribution in [2.75, 3.05) is 25.9 Å². The molecule has 206 valence electrons.